The molecule has 3 heteroatoms. The molecule has 1 saturated heterocycles. The molecule has 0 bridgehead atoms. The van der Waals surface area contributed by atoms with Crippen LogP contribution in [0.25, 0.3) is 0 Å². The normalized spacial score (nSPS) is 16.9. The second-order valence-corrected chi connectivity index (χ2v) is 4.96. The van der Waals surface area contributed by atoms with E-state index in [-0.39, 0.29) is 0 Å². The molecule has 0 amide bonds. The van der Waals surface area contributed by atoms with Gasteiger partial charge in [-0.25, -0.2) is 0 Å². The van der Waals surface area contributed by atoms with Crippen molar-refractivity contribution in [1.29, 1.82) is 0 Å². The maximum atomic E-state index is 9.83. The highest BCUT2D eigenvalue weighted by molar-refractivity contribution is 5.36. The van der Waals surface area contributed by atoms with Crippen molar-refractivity contribution in [2.75, 3.05) is 26.3 Å². The Kier molecular flexibility index (Phi) is 5.02. The van der Waals surface area contributed by atoms with Gasteiger partial charge in [-0.05, 0) is 30.0 Å². The van der Waals surface area contributed by atoms with Crippen molar-refractivity contribution in [3.8, 4) is 5.75 Å². The Bertz CT molecular complexity index is 373. The molecule has 0 radical (unpaired) electrons. The van der Waals surface area contributed by atoms with Crippen molar-refractivity contribution in [3.63, 3.8) is 0 Å². The van der Waals surface area contributed by atoms with Crippen LogP contribution in [-0.2, 0) is 17.7 Å². The molecule has 0 saturated carbocycles. The average Bonchev–Trinajstić information content (AvgIpc) is 2.40. The first kappa shape index (κ1) is 13.4. The topological polar surface area (TPSA) is 32.7 Å². The zero-order valence-corrected chi connectivity index (χ0v) is 11.2. The number of aromatic hydroxyl groups is 1. The van der Waals surface area contributed by atoms with Gasteiger partial charge in [0.1, 0.15) is 5.75 Å². The third kappa shape index (κ3) is 3.72. The first-order valence-corrected chi connectivity index (χ1v) is 6.90. The van der Waals surface area contributed by atoms with Crippen LogP contribution in [0.15, 0.2) is 18.2 Å². The van der Waals surface area contributed by atoms with E-state index in [2.05, 4.69) is 17.9 Å². The minimum absolute atomic E-state index is 0.439. The third-order valence-electron chi connectivity index (χ3n) is 3.45. The molecule has 0 aliphatic carbocycles. The van der Waals surface area contributed by atoms with Crippen LogP contribution in [0, 0.1) is 0 Å². The largest absolute Gasteiger partial charge is 0.508 e. The Balaban J connectivity index is 1.99. The van der Waals surface area contributed by atoms with Gasteiger partial charge in [0.05, 0.1) is 13.2 Å². The highest BCUT2D eigenvalue weighted by Gasteiger charge is 2.11. The van der Waals surface area contributed by atoms with Gasteiger partial charge >= 0.3 is 0 Å². The predicted octanol–water partition coefficient (Wildman–Crippen LogP) is 2.57. The van der Waals surface area contributed by atoms with Gasteiger partial charge in [-0.15, -0.1) is 0 Å². The zero-order chi connectivity index (χ0) is 12.8. The summed E-state index contributed by atoms with van der Waals surface area (Å²) < 4.78 is 5.35. The van der Waals surface area contributed by atoms with E-state index in [0.29, 0.717) is 5.75 Å². The van der Waals surface area contributed by atoms with Crippen LogP contribution < -0.4 is 0 Å². The van der Waals surface area contributed by atoms with Crippen molar-refractivity contribution in [3.05, 3.63) is 29.3 Å². The van der Waals surface area contributed by atoms with Gasteiger partial charge in [-0.2, -0.15) is 0 Å². The molecule has 0 spiro atoms. The molecule has 2 rings (SSSR count). The number of morpholine rings is 1. The van der Waals surface area contributed by atoms with Gasteiger partial charge in [0.15, 0.2) is 0 Å². The second-order valence-electron chi connectivity index (χ2n) is 4.96. The smallest absolute Gasteiger partial charge is 0.118 e. The lowest BCUT2D eigenvalue weighted by molar-refractivity contribution is 0.0342. The Labute approximate surface area is 109 Å². The number of hydrogen-bond donors (Lipinski definition) is 1. The van der Waals surface area contributed by atoms with Crippen molar-refractivity contribution in [1.82, 2.24) is 4.90 Å². The Morgan fingerprint density at radius 2 is 2.06 bits per heavy atom. The SMILES string of the molecule is CCCCc1cc(CN2CCOCC2)ccc1O. The zero-order valence-electron chi connectivity index (χ0n) is 11.2. The number of unbranched alkanes of at least 4 members (excludes halogenated alkanes) is 1. The van der Waals surface area contributed by atoms with E-state index in [1.165, 1.54) is 5.56 Å². The molecule has 0 atom stereocenters. The average molecular weight is 249 g/mol. The van der Waals surface area contributed by atoms with Gasteiger partial charge in [0.25, 0.3) is 0 Å². The van der Waals surface area contributed by atoms with E-state index in [1.807, 2.05) is 12.1 Å². The van der Waals surface area contributed by atoms with E-state index in [0.717, 1.165) is 57.7 Å². The van der Waals surface area contributed by atoms with Crippen LogP contribution in [0.2, 0.25) is 0 Å². The van der Waals surface area contributed by atoms with Crippen molar-refractivity contribution < 1.29 is 9.84 Å². The van der Waals surface area contributed by atoms with E-state index in [9.17, 15) is 5.11 Å². The fourth-order valence-corrected chi connectivity index (χ4v) is 2.32. The quantitative estimate of drug-likeness (QED) is 0.870. The minimum atomic E-state index is 0.439. The molecule has 1 aliphatic rings. The second kappa shape index (κ2) is 6.76. The van der Waals surface area contributed by atoms with Crippen LogP contribution in [-0.4, -0.2) is 36.3 Å². The van der Waals surface area contributed by atoms with E-state index in [4.69, 9.17) is 4.74 Å². The number of phenolic OH excluding ortho intramolecular Hbond substituents is 1. The lowest BCUT2D eigenvalue weighted by Crippen LogP contribution is -2.35. The predicted molar refractivity (Wildman–Crippen MR) is 72.8 cm³/mol. The standard InChI is InChI=1S/C15H23NO2/c1-2-3-4-14-11-13(5-6-15(14)17)12-16-7-9-18-10-8-16/h5-6,11,17H,2-4,7-10,12H2,1H3. The summed E-state index contributed by atoms with van der Waals surface area (Å²) in [6, 6.07) is 6.02. The van der Waals surface area contributed by atoms with E-state index in [1.54, 1.807) is 0 Å². The molecule has 0 unspecified atom stereocenters. The van der Waals surface area contributed by atoms with Gasteiger partial charge in [0, 0.05) is 19.6 Å². The maximum absolute atomic E-state index is 9.83. The van der Waals surface area contributed by atoms with Crippen molar-refractivity contribution >= 4 is 0 Å². The highest BCUT2D eigenvalue weighted by atomic mass is 16.5. The molecule has 18 heavy (non-hydrogen) atoms. The van der Waals surface area contributed by atoms with Crippen LogP contribution >= 0.6 is 0 Å². The third-order valence-corrected chi connectivity index (χ3v) is 3.45. The summed E-state index contributed by atoms with van der Waals surface area (Å²) in [5, 5.41) is 9.83. The molecule has 100 valence electrons. The molecule has 0 aromatic heterocycles. The van der Waals surface area contributed by atoms with Crippen LogP contribution in [0.4, 0.5) is 0 Å². The maximum Gasteiger partial charge on any atom is 0.118 e. The molecule has 1 aromatic carbocycles. The van der Waals surface area contributed by atoms with Crippen molar-refractivity contribution in [2.45, 2.75) is 32.7 Å². The summed E-state index contributed by atoms with van der Waals surface area (Å²) >= 11 is 0. The van der Waals surface area contributed by atoms with Crippen LogP contribution in [0.3, 0.4) is 0 Å². The number of benzene rings is 1. The minimum Gasteiger partial charge on any atom is -0.508 e. The summed E-state index contributed by atoms with van der Waals surface area (Å²) in [5.74, 6) is 0.439. The Morgan fingerprint density at radius 1 is 1.28 bits per heavy atom. The number of phenols is 1. The lowest BCUT2D eigenvalue weighted by atomic mass is 10.0. The Morgan fingerprint density at radius 3 is 2.78 bits per heavy atom. The van der Waals surface area contributed by atoms with Gasteiger partial charge in [-0.3, -0.25) is 4.90 Å². The molecule has 1 heterocycles. The number of nitrogens with zero attached hydrogens (tertiary/aromatic N) is 1. The summed E-state index contributed by atoms with van der Waals surface area (Å²) in [7, 11) is 0. The molecule has 1 aromatic rings. The first-order chi connectivity index (χ1) is 8.79. The molecule has 1 fully saturated rings. The lowest BCUT2D eigenvalue weighted by Gasteiger charge is -2.26. The molecular formula is C15H23NO2. The van der Waals surface area contributed by atoms with Crippen LogP contribution in [0.5, 0.6) is 5.75 Å². The summed E-state index contributed by atoms with van der Waals surface area (Å²) in [5.41, 5.74) is 2.38. The molecule has 1 N–H and O–H groups in total. The monoisotopic (exact) mass is 249 g/mol. The summed E-state index contributed by atoms with van der Waals surface area (Å²) in [4.78, 5) is 2.40. The van der Waals surface area contributed by atoms with E-state index < -0.39 is 0 Å². The fourth-order valence-electron chi connectivity index (χ4n) is 2.32. The molecule has 1 aliphatic heterocycles. The molecular weight excluding hydrogens is 226 g/mol. The summed E-state index contributed by atoms with van der Waals surface area (Å²) in [6.45, 7) is 6.81. The van der Waals surface area contributed by atoms with E-state index >= 15 is 0 Å². The van der Waals surface area contributed by atoms with Crippen molar-refractivity contribution in [2.24, 2.45) is 0 Å². The number of aryl methyl sites for hydroxylation is 1. The first-order valence-electron chi connectivity index (χ1n) is 6.90. The fraction of sp³-hybridized carbons (Fsp3) is 0.600. The van der Waals surface area contributed by atoms with Gasteiger partial charge in [-0.1, -0.05) is 25.5 Å². The van der Waals surface area contributed by atoms with Gasteiger partial charge < -0.3 is 9.84 Å². The number of ether oxygens (including phenoxy) is 1. The van der Waals surface area contributed by atoms with Gasteiger partial charge in [0.2, 0.25) is 0 Å². The molecule has 3 nitrogen and oxygen atoms in total. The Hall–Kier alpha value is -1.06. The number of hydrogen-bond acceptors (Lipinski definition) is 3. The summed E-state index contributed by atoms with van der Waals surface area (Å²) in [6.07, 6.45) is 3.26. The van der Waals surface area contributed by atoms with Crippen LogP contribution in [0.1, 0.15) is 30.9 Å². The highest BCUT2D eigenvalue weighted by Crippen LogP contribution is 2.21. The number of rotatable bonds is 5.